The molecule has 1 aromatic heterocycles. The number of H-pyrrole nitrogens is 1. The molecule has 128 valence electrons. The first-order valence-electron chi connectivity index (χ1n) is 7.98. The van der Waals surface area contributed by atoms with E-state index in [1.54, 1.807) is 0 Å². The molecule has 0 atom stereocenters. The molecule has 0 bridgehead atoms. The number of aromatic nitrogens is 1. The fourth-order valence-electron chi connectivity index (χ4n) is 2.45. The molecule has 1 aromatic carbocycles. The van der Waals surface area contributed by atoms with Crippen molar-refractivity contribution < 1.29 is 9.63 Å². The van der Waals surface area contributed by atoms with Crippen molar-refractivity contribution in [3.8, 4) is 5.75 Å². The lowest BCUT2D eigenvalue weighted by Crippen LogP contribution is -2.33. The van der Waals surface area contributed by atoms with E-state index in [0.717, 1.165) is 30.2 Å². The molecule has 0 aliphatic carbocycles. The molecule has 1 heterocycles. The second-order valence-corrected chi connectivity index (χ2v) is 5.34. The molecule has 2 rings (SSSR count). The summed E-state index contributed by atoms with van der Waals surface area (Å²) in [7, 11) is 0. The maximum atomic E-state index is 12.1. The molecule has 0 radical (unpaired) electrons. The van der Waals surface area contributed by atoms with E-state index >= 15 is 0 Å². The van der Waals surface area contributed by atoms with Crippen molar-refractivity contribution in [1.82, 2.24) is 10.0 Å². The third-order valence-corrected chi connectivity index (χ3v) is 3.68. The highest BCUT2D eigenvalue weighted by molar-refractivity contribution is 5.85. The van der Waals surface area contributed by atoms with Gasteiger partial charge in [0, 0.05) is 23.5 Å². The summed E-state index contributed by atoms with van der Waals surface area (Å²) in [5.41, 5.74) is 7.86. The highest BCUT2D eigenvalue weighted by Crippen LogP contribution is 2.24. The van der Waals surface area contributed by atoms with Gasteiger partial charge in [0.2, 0.25) is 0 Å². The Bertz CT molecular complexity index is 627. The minimum atomic E-state index is 0. The number of aromatic amines is 1. The van der Waals surface area contributed by atoms with Crippen LogP contribution >= 0.6 is 12.4 Å². The number of nitrogens with two attached hydrogens (primary N) is 1. The Labute approximate surface area is 143 Å². The average molecular weight is 340 g/mol. The second-order valence-electron chi connectivity index (χ2n) is 5.34. The molecular formula is C17H26ClN3O2. The van der Waals surface area contributed by atoms with Crippen LogP contribution in [-0.2, 0) is 11.2 Å². The molecule has 0 aliphatic heterocycles. The fraction of sp³-hybridized carbons (Fsp3) is 0.471. The van der Waals surface area contributed by atoms with Gasteiger partial charge in [0.05, 0.1) is 6.54 Å². The standard InChI is InChI=1S/C17H25N3O2.ClH/c1-3-5-6-17(21)20(4-2)22-14-7-8-16-15(11-14)13(9-10-18)12-19-16;/h7-8,11-12,19H,3-6,9-10,18H2,1-2H3;1H. The van der Waals surface area contributed by atoms with Crippen LogP contribution in [0.5, 0.6) is 5.75 Å². The lowest BCUT2D eigenvalue weighted by atomic mass is 10.1. The van der Waals surface area contributed by atoms with Crippen LogP contribution in [0.2, 0.25) is 0 Å². The summed E-state index contributed by atoms with van der Waals surface area (Å²) in [6.45, 7) is 5.12. The van der Waals surface area contributed by atoms with E-state index in [1.165, 1.54) is 10.6 Å². The molecule has 1 amide bonds. The number of unbranched alkanes of at least 4 members (excludes halogenated alkanes) is 1. The van der Waals surface area contributed by atoms with Crippen molar-refractivity contribution in [2.45, 2.75) is 39.5 Å². The normalized spacial score (nSPS) is 10.4. The molecule has 23 heavy (non-hydrogen) atoms. The number of fused-ring (bicyclic) bond motifs is 1. The Hall–Kier alpha value is -1.72. The first-order chi connectivity index (χ1) is 10.7. The number of amides is 1. The topological polar surface area (TPSA) is 71.3 Å². The van der Waals surface area contributed by atoms with Crippen LogP contribution < -0.4 is 10.6 Å². The zero-order chi connectivity index (χ0) is 15.9. The number of nitrogens with zero attached hydrogens (tertiary/aromatic N) is 1. The minimum Gasteiger partial charge on any atom is -0.377 e. The smallest absolute Gasteiger partial charge is 0.255 e. The van der Waals surface area contributed by atoms with Gasteiger partial charge in [-0.3, -0.25) is 4.79 Å². The quantitative estimate of drug-likeness (QED) is 0.724. The average Bonchev–Trinajstić information content (AvgIpc) is 2.93. The molecule has 2 aromatic rings. The van der Waals surface area contributed by atoms with Crippen LogP contribution in [0.4, 0.5) is 0 Å². The summed E-state index contributed by atoms with van der Waals surface area (Å²) >= 11 is 0. The Kier molecular flexibility index (Phi) is 7.92. The number of benzene rings is 1. The first kappa shape index (κ1) is 19.3. The molecule has 0 saturated heterocycles. The molecule has 0 unspecified atom stereocenters. The SMILES string of the molecule is CCCCC(=O)N(CC)Oc1ccc2[nH]cc(CCN)c2c1.Cl. The molecule has 6 heteroatoms. The van der Waals surface area contributed by atoms with E-state index in [1.807, 2.05) is 31.3 Å². The van der Waals surface area contributed by atoms with E-state index in [2.05, 4.69) is 11.9 Å². The Morgan fingerprint density at radius 3 is 2.78 bits per heavy atom. The van der Waals surface area contributed by atoms with Crippen molar-refractivity contribution in [3.63, 3.8) is 0 Å². The third kappa shape index (κ3) is 4.88. The van der Waals surface area contributed by atoms with Gasteiger partial charge in [-0.25, -0.2) is 0 Å². The van der Waals surface area contributed by atoms with E-state index in [-0.39, 0.29) is 18.3 Å². The number of hydroxylamine groups is 2. The molecule has 5 nitrogen and oxygen atoms in total. The van der Waals surface area contributed by atoms with Gasteiger partial charge in [0.25, 0.3) is 5.91 Å². The highest BCUT2D eigenvalue weighted by atomic mass is 35.5. The minimum absolute atomic E-state index is 0. The van der Waals surface area contributed by atoms with Gasteiger partial charge in [0.1, 0.15) is 0 Å². The Morgan fingerprint density at radius 2 is 2.13 bits per heavy atom. The van der Waals surface area contributed by atoms with Crippen molar-refractivity contribution >= 4 is 29.2 Å². The second kappa shape index (κ2) is 9.43. The maximum absolute atomic E-state index is 12.1. The summed E-state index contributed by atoms with van der Waals surface area (Å²) in [5, 5.41) is 2.53. The van der Waals surface area contributed by atoms with Crippen LogP contribution in [-0.4, -0.2) is 29.0 Å². The van der Waals surface area contributed by atoms with Gasteiger partial charge >= 0.3 is 0 Å². The molecule has 0 saturated carbocycles. The van der Waals surface area contributed by atoms with Gasteiger partial charge in [-0.1, -0.05) is 13.3 Å². The van der Waals surface area contributed by atoms with E-state index in [9.17, 15) is 4.79 Å². The molecule has 0 fully saturated rings. The maximum Gasteiger partial charge on any atom is 0.255 e. The predicted octanol–water partition coefficient (Wildman–Crippen LogP) is 3.42. The first-order valence-corrected chi connectivity index (χ1v) is 7.98. The van der Waals surface area contributed by atoms with Gasteiger partial charge in [-0.2, -0.15) is 5.06 Å². The molecule has 3 N–H and O–H groups in total. The third-order valence-electron chi connectivity index (χ3n) is 3.68. The number of carbonyl (C=O) groups is 1. The van der Waals surface area contributed by atoms with Crippen molar-refractivity contribution in [1.29, 1.82) is 0 Å². The fourth-order valence-corrected chi connectivity index (χ4v) is 2.45. The van der Waals surface area contributed by atoms with E-state index in [4.69, 9.17) is 10.6 Å². The van der Waals surface area contributed by atoms with Crippen LogP contribution in [0.3, 0.4) is 0 Å². The van der Waals surface area contributed by atoms with Crippen molar-refractivity contribution in [2.75, 3.05) is 13.1 Å². The van der Waals surface area contributed by atoms with Crippen LogP contribution in [0.25, 0.3) is 10.9 Å². The summed E-state index contributed by atoms with van der Waals surface area (Å²) < 4.78 is 0. The lowest BCUT2D eigenvalue weighted by molar-refractivity contribution is -0.156. The van der Waals surface area contributed by atoms with Crippen molar-refractivity contribution in [2.24, 2.45) is 5.73 Å². The highest BCUT2D eigenvalue weighted by Gasteiger charge is 2.14. The van der Waals surface area contributed by atoms with Crippen molar-refractivity contribution in [3.05, 3.63) is 30.0 Å². The number of hydrogen-bond donors (Lipinski definition) is 2. The zero-order valence-electron chi connectivity index (χ0n) is 13.8. The molecular weight excluding hydrogens is 314 g/mol. The summed E-state index contributed by atoms with van der Waals surface area (Å²) in [6, 6.07) is 5.81. The number of nitrogens with one attached hydrogen (secondary N) is 1. The van der Waals surface area contributed by atoms with Gasteiger partial charge in [-0.05, 0) is 50.1 Å². The number of hydrogen-bond acceptors (Lipinski definition) is 3. The zero-order valence-corrected chi connectivity index (χ0v) is 14.6. The monoisotopic (exact) mass is 339 g/mol. The van der Waals surface area contributed by atoms with E-state index < -0.39 is 0 Å². The Balaban J connectivity index is 0.00000264. The number of carbonyl (C=O) groups excluding carboxylic acids is 1. The number of halogens is 1. The number of rotatable bonds is 8. The predicted molar refractivity (Wildman–Crippen MR) is 95.8 cm³/mol. The van der Waals surface area contributed by atoms with E-state index in [0.29, 0.717) is 25.3 Å². The van der Waals surface area contributed by atoms with Crippen LogP contribution in [0, 0.1) is 0 Å². The molecule has 0 aliphatic rings. The van der Waals surface area contributed by atoms with Gasteiger partial charge in [0.15, 0.2) is 5.75 Å². The summed E-state index contributed by atoms with van der Waals surface area (Å²) in [4.78, 5) is 21.1. The molecule has 0 spiro atoms. The lowest BCUT2D eigenvalue weighted by Gasteiger charge is -2.21. The van der Waals surface area contributed by atoms with Crippen LogP contribution in [0.1, 0.15) is 38.7 Å². The van der Waals surface area contributed by atoms with Crippen LogP contribution in [0.15, 0.2) is 24.4 Å². The summed E-state index contributed by atoms with van der Waals surface area (Å²) in [6.07, 6.45) is 5.20. The van der Waals surface area contributed by atoms with Gasteiger partial charge in [-0.15, -0.1) is 12.4 Å². The summed E-state index contributed by atoms with van der Waals surface area (Å²) in [5.74, 6) is 0.706. The largest absolute Gasteiger partial charge is 0.377 e. The van der Waals surface area contributed by atoms with Gasteiger partial charge < -0.3 is 15.6 Å². The Morgan fingerprint density at radius 1 is 1.35 bits per heavy atom.